The van der Waals surface area contributed by atoms with E-state index in [2.05, 4.69) is 5.32 Å². The summed E-state index contributed by atoms with van der Waals surface area (Å²) in [6.45, 7) is 3.99. The van der Waals surface area contributed by atoms with Crippen molar-refractivity contribution in [3.8, 4) is 0 Å². The summed E-state index contributed by atoms with van der Waals surface area (Å²) in [7, 11) is -1.19. The van der Waals surface area contributed by atoms with Gasteiger partial charge in [-0.2, -0.15) is 0 Å². The molecule has 1 amide bonds. The third-order valence-corrected chi connectivity index (χ3v) is 3.87. The van der Waals surface area contributed by atoms with Crippen molar-refractivity contribution in [1.29, 1.82) is 0 Å². The van der Waals surface area contributed by atoms with E-state index < -0.39 is 9.84 Å². The molecule has 1 rings (SSSR count). The minimum atomic E-state index is -2.96. The lowest BCUT2D eigenvalue weighted by Gasteiger charge is -2.23. The Hall–Kier alpha value is -0.660. The number of nitrogens with one attached hydrogen (secondary N) is 1. The van der Waals surface area contributed by atoms with E-state index in [1.54, 1.807) is 11.9 Å². The molecule has 7 heteroatoms. The zero-order chi connectivity index (χ0) is 13.6. The van der Waals surface area contributed by atoms with Gasteiger partial charge in [-0.3, -0.25) is 9.69 Å². The largest absolute Gasteiger partial charge is 0.340 e. The Morgan fingerprint density at radius 2 is 2.06 bits per heavy atom. The highest BCUT2D eigenvalue weighted by Crippen LogP contribution is 1.98. The van der Waals surface area contributed by atoms with Gasteiger partial charge in [-0.05, 0) is 20.0 Å². The van der Waals surface area contributed by atoms with Crippen LogP contribution >= 0.6 is 0 Å². The van der Waals surface area contributed by atoms with Crippen LogP contribution in [0.25, 0.3) is 0 Å². The maximum atomic E-state index is 12.0. The highest BCUT2D eigenvalue weighted by molar-refractivity contribution is 7.90. The predicted octanol–water partition coefficient (Wildman–Crippen LogP) is -1.22. The van der Waals surface area contributed by atoms with Gasteiger partial charge in [-0.25, -0.2) is 8.42 Å². The summed E-state index contributed by atoms with van der Waals surface area (Å²) in [5.41, 5.74) is 0. The quantitative estimate of drug-likeness (QED) is 0.682. The van der Waals surface area contributed by atoms with Crippen molar-refractivity contribution < 1.29 is 13.2 Å². The summed E-state index contributed by atoms with van der Waals surface area (Å²) in [4.78, 5) is 15.6. The molecule has 18 heavy (non-hydrogen) atoms. The van der Waals surface area contributed by atoms with E-state index in [0.717, 1.165) is 32.6 Å². The molecule has 0 spiro atoms. The van der Waals surface area contributed by atoms with E-state index in [1.165, 1.54) is 6.26 Å². The highest BCUT2D eigenvalue weighted by atomic mass is 32.2. The van der Waals surface area contributed by atoms with Crippen LogP contribution in [-0.4, -0.2) is 82.4 Å². The number of likely N-dealkylation sites (N-methyl/N-ethyl adjacent to an activating group) is 1. The van der Waals surface area contributed by atoms with Gasteiger partial charge >= 0.3 is 0 Å². The van der Waals surface area contributed by atoms with Crippen LogP contribution in [0.2, 0.25) is 0 Å². The van der Waals surface area contributed by atoms with Crippen molar-refractivity contribution in [1.82, 2.24) is 15.1 Å². The minimum Gasteiger partial charge on any atom is -0.340 e. The fourth-order valence-electron chi connectivity index (χ4n) is 1.83. The SMILES string of the molecule is CN(CCS(C)(=O)=O)CC(=O)N1CCCNCC1. The van der Waals surface area contributed by atoms with Crippen molar-refractivity contribution in [2.45, 2.75) is 6.42 Å². The number of amides is 1. The van der Waals surface area contributed by atoms with Crippen molar-refractivity contribution in [3.05, 3.63) is 0 Å². The summed E-state index contributed by atoms with van der Waals surface area (Å²) in [6.07, 6.45) is 2.18. The second-order valence-electron chi connectivity index (χ2n) is 4.85. The van der Waals surface area contributed by atoms with Gasteiger partial charge in [-0.15, -0.1) is 0 Å². The molecule has 1 heterocycles. The molecule has 0 bridgehead atoms. The molecule has 1 N–H and O–H groups in total. The molecular formula is C11H23N3O3S. The molecule has 0 radical (unpaired) electrons. The number of nitrogens with zero attached hydrogens (tertiary/aromatic N) is 2. The summed E-state index contributed by atoms with van der Waals surface area (Å²) < 4.78 is 22.1. The smallest absolute Gasteiger partial charge is 0.236 e. The first-order valence-corrected chi connectivity index (χ1v) is 8.29. The van der Waals surface area contributed by atoms with Crippen LogP contribution < -0.4 is 5.32 Å². The maximum absolute atomic E-state index is 12.0. The van der Waals surface area contributed by atoms with Crippen LogP contribution in [0.3, 0.4) is 0 Å². The van der Waals surface area contributed by atoms with Crippen molar-refractivity contribution in [2.75, 3.05) is 58.3 Å². The first kappa shape index (κ1) is 15.4. The molecule has 0 saturated carbocycles. The Kier molecular flexibility index (Phi) is 6.04. The molecule has 0 unspecified atom stereocenters. The monoisotopic (exact) mass is 277 g/mol. The average molecular weight is 277 g/mol. The molecule has 1 fully saturated rings. The Morgan fingerprint density at radius 3 is 2.72 bits per heavy atom. The third kappa shape index (κ3) is 6.32. The third-order valence-electron chi connectivity index (χ3n) is 2.94. The van der Waals surface area contributed by atoms with Gasteiger partial charge in [0.05, 0.1) is 12.3 Å². The molecule has 1 aliphatic rings. The van der Waals surface area contributed by atoms with Gasteiger partial charge in [0.1, 0.15) is 9.84 Å². The fourth-order valence-corrected chi connectivity index (χ4v) is 2.47. The molecular weight excluding hydrogens is 254 g/mol. The summed E-state index contributed by atoms with van der Waals surface area (Å²) in [5.74, 6) is 0.174. The zero-order valence-electron chi connectivity index (χ0n) is 11.2. The first-order valence-electron chi connectivity index (χ1n) is 6.23. The molecule has 1 aliphatic heterocycles. The molecule has 0 aliphatic carbocycles. The number of sulfone groups is 1. The Balaban J connectivity index is 2.33. The maximum Gasteiger partial charge on any atom is 0.236 e. The van der Waals surface area contributed by atoms with E-state index in [9.17, 15) is 13.2 Å². The van der Waals surface area contributed by atoms with E-state index in [0.29, 0.717) is 6.54 Å². The normalized spacial score (nSPS) is 17.8. The summed E-state index contributed by atoms with van der Waals surface area (Å²) >= 11 is 0. The van der Waals surface area contributed by atoms with Crippen LogP contribution in [0.4, 0.5) is 0 Å². The van der Waals surface area contributed by atoms with Crippen molar-refractivity contribution >= 4 is 15.7 Å². The lowest BCUT2D eigenvalue weighted by Crippen LogP contribution is -2.41. The van der Waals surface area contributed by atoms with Crippen molar-refractivity contribution in [2.24, 2.45) is 0 Å². The number of carbonyl (C=O) groups excluding carboxylic acids is 1. The molecule has 6 nitrogen and oxygen atoms in total. The molecule has 1 saturated heterocycles. The van der Waals surface area contributed by atoms with Gasteiger partial charge < -0.3 is 10.2 Å². The Labute approximate surface area is 109 Å². The van der Waals surface area contributed by atoms with Crippen LogP contribution in [0.1, 0.15) is 6.42 Å². The molecule has 0 aromatic heterocycles. The molecule has 0 aromatic carbocycles. The van der Waals surface area contributed by atoms with E-state index in [4.69, 9.17) is 0 Å². The fraction of sp³-hybridized carbons (Fsp3) is 0.909. The Morgan fingerprint density at radius 1 is 1.33 bits per heavy atom. The number of hydrogen-bond acceptors (Lipinski definition) is 5. The van der Waals surface area contributed by atoms with E-state index in [-0.39, 0.29) is 18.2 Å². The molecule has 106 valence electrons. The Bertz CT molecular complexity index is 362. The standard InChI is InChI=1S/C11H23N3O3S/c1-13(8-9-18(2,16)17)10-11(15)14-6-3-4-12-5-7-14/h12H,3-10H2,1-2H3. The predicted molar refractivity (Wildman–Crippen MR) is 71.3 cm³/mol. The lowest BCUT2D eigenvalue weighted by molar-refractivity contribution is -0.131. The summed E-state index contributed by atoms with van der Waals surface area (Å²) in [6, 6.07) is 0. The molecule has 0 atom stereocenters. The van der Waals surface area contributed by atoms with Crippen LogP contribution in [0, 0.1) is 0 Å². The van der Waals surface area contributed by atoms with Crippen LogP contribution in [0.15, 0.2) is 0 Å². The van der Waals surface area contributed by atoms with E-state index in [1.807, 2.05) is 4.90 Å². The average Bonchev–Trinajstić information content (AvgIpc) is 2.54. The van der Waals surface area contributed by atoms with E-state index >= 15 is 0 Å². The minimum absolute atomic E-state index is 0.0784. The first-order chi connectivity index (χ1) is 8.38. The second kappa shape index (κ2) is 7.06. The van der Waals surface area contributed by atoms with Crippen LogP contribution in [-0.2, 0) is 14.6 Å². The number of carbonyl (C=O) groups is 1. The number of rotatable bonds is 5. The van der Waals surface area contributed by atoms with Gasteiger partial charge in [0.15, 0.2) is 0 Å². The van der Waals surface area contributed by atoms with Gasteiger partial charge in [0.25, 0.3) is 0 Å². The lowest BCUT2D eigenvalue weighted by atomic mass is 10.3. The van der Waals surface area contributed by atoms with Gasteiger partial charge in [0, 0.05) is 32.4 Å². The summed E-state index contributed by atoms with van der Waals surface area (Å²) in [5, 5.41) is 3.24. The van der Waals surface area contributed by atoms with Gasteiger partial charge in [0.2, 0.25) is 5.91 Å². The number of hydrogen-bond donors (Lipinski definition) is 1. The highest BCUT2D eigenvalue weighted by Gasteiger charge is 2.17. The topological polar surface area (TPSA) is 69.7 Å². The second-order valence-corrected chi connectivity index (χ2v) is 7.11. The zero-order valence-corrected chi connectivity index (χ0v) is 12.0. The van der Waals surface area contributed by atoms with Crippen molar-refractivity contribution in [3.63, 3.8) is 0 Å². The van der Waals surface area contributed by atoms with Crippen LogP contribution in [0.5, 0.6) is 0 Å². The van der Waals surface area contributed by atoms with Gasteiger partial charge in [-0.1, -0.05) is 0 Å². The molecule has 0 aromatic rings.